The summed E-state index contributed by atoms with van der Waals surface area (Å²) in [5, 5.41) is 15.0. The van der Waals surface area contributed by atoms with Crippen LogP contribution in [0.3, 0.4) is 0 Å². The summed E-state index contributed by atoms with van der Waals surface area (Å²) in [6.45, 7) is 1.18. The molecule has 0 aliphatic carbocycles. The Kier molecular flexibility index (Phi) is 6.97. The first-order chi connectivity index (χ1) is 14.0. The van der Waals surface area contributed by atoms with Crippen molar-refractivity contribution in [3.8, 4) is 0 Å². The van der Waals surface area contributed by atoms with Crippen LogP contribution in [0.25, 0.3) is 0 Å². The van der Waals surface area contributed by atoms with Gasteiger partial charge in [0.05, 0.1) is 5.92 Å². The summed E-state index contributed by atoms with van der Waals surface area (Å²) in [5.74, 6) is -2.12. The molecule has 0 saturated carbocycles. The Bertz CT molecular complexity index is 845. The molecule has 29 heavy (non-hydrogen) atoms. The van der Waals surface area contributed by atoms with Gasteiger partial charge < -0.3 is 20.5 Å². The van der Waals surface area contributed by atoms with Crippen LogP contribution in [0.5, 0.6) is 0 Å². The van der Waals surface area contributed by atoms with Gasteiger partial charge in [0.15, 0.2) is 0 Å². The number of carbonyl (C=O) groups is 3. The second kappa shape index (κ2) is 9.84. The van der Waals surface area contributed by atoms with Gasteiger partial charge in [-0.15, -0.1) is 0 Å². The van der Waals surface area contributed by atoms with Crippen LogP contribution in [0.1, 0.15) is 33.6 Å². The van der Waals surface area contributed by atoms with Crippen molar-refractivity contribution in [3.63, 3.8) is 0 Å². The van der Waals surface area contributed by atoms with Crippen molar-refractivity contribution in [1.29, 1.82) is 0 Å². The third kappa shape index (κ3) is 5.65. The van der Waals surface area contributed by atoms with E-state index < -0.39 is 11.9 Å². The molecule has 1 saturated heterocycles. The zero-order valence-electron chi connectivity index (χ0n) is 16.0. The predicted molar refractivity (Wildman–Crippen MR) is 108 cm³/mol. The summed E-state index contributed by atoms with van der Waals surface area (Å²) in [5.41, 5.74) is 1.52. The first-order valence-electron chi connectivity index (χ1n) is 9.60. The van der Waals surface area contributed by atoms with Crippen LogP contribution in [0.2, 0.25) is 0 Å². The molecule has 2 amide bonds. The molecule has 0 aromatic heterocycles. The van der Waals surface area contributed by atoms with Crippen molar-refractivity contribution in [1.82, 2.24) is 5.32 Å². The molecular weight excluding hydrogens is 372 g/mol. The maximum absolute atomic E-state index is 12.4. The average molecular weight is 396 g/mol. The highest BCUT2D eigenvalue weighted by Gasteiger charge is 2.30. The topological polar surface area (TPSA) is 105 Å². The molecule has 3 N–H and O–H groups in total. The number of benzene rings is 2. The molecule has 1 unspecified atom stereocenters. The van der Waals surface area contributed by atoms with Gasteiger partial charge in [-0.2, -0.15) is 0 Å². The Morgan fingerprint density at radius 3 is 2.17 bits per heavy atom. The minimum absolute atomic E-state index is 0.00266. The molecule has 1 heterocycles. The van der Waals surface area contributed by atoms with Crippen LogP contribution in [-0.4, -0.2) is 42.6 Å². The summed E-state index contributed by atoms with van der Waals surface area (Å²) >= 11 is 0. The zero-order valence-corrected chi connectivity index (χ0v) is 16.0. The fourth-order valence-electron chi connectivity index (χ4n) is 3.38. The first-order valence-corrected chi connectivity index (χ1v) is 9.60. The fourth-order valence-corrected chi connectivity index (χ4v) is 3.38. The Balaban J connectivity index is 1.55. The van der Waals surface area contributed by atoms with Gasteiger partial charge in [-0.25, -0.2) is 0 Å². The van der Waals surface area contributed by atoms with Crippen LogP contribution < -0.4 is 10.6 Å². The van der Waals surface area contributed by atoms with Crippen LogP contribution in [-0.2, 0) is 9.53 Å². The van der Waals surface area contributed by atoms with Gasteiger partial charge in [0, 0.05) is 36.6 Å². The van der Waals surface area contributed by atoms with E-state index >= 15 is 0 Å². The number of amides is 2. The van der Waals surface area contributed by atoms with E-state index in [-0.39, 0.29) is 24.3 Å². The van der Waals surface area contributed by atoms with E-state index in [1.807, 2.05) is 6.07 Å². The largest absolute Gasteiger partial charge is 0.481 e. The van der Waals surface area contributed by atoms with Crippen molar-refractivity contribution in [3.05, 3.63) is 65.7 Å². The molecule has 1 aliphatic rings. The van der Waals surface area contributed by atoms with Crippen molar-refractivity contribution in [2.24, 2.45) is 11.8 Å². The van der Waals surface area contributed by atoms with E-state index in [0.29, 0.717) is 42.9 Å². The fraction of sp³-hybridized carbons (Fsp3) is 0.318. The van der Waals surface area contributed by atoms with E-state index in [9.17, 15) is 19.5 Å². The molecule has 1 fully saturated rings. The smallest absolute Gasteiger partial charge is 0.308 e. The number of anilines is 1. The lowest BCUT2D eigenvalue weighted by molar-refractivity contribution is -0.144. The lowest BCUT2D eigenvalue weighted by atomic mass is 9.86. The second-order valence-electron chi connectivity index (χ2n) is 7.00. The molecular formula is C22H24N2O5. The Hall–Kier alpha value is -3.19. The number of carbonyl (C=O) groups excluding carboxylic acids is 2. The minimum Gasteiger partial charge on any atom is -0.481 e. The number of hydrogen-bond donors (Lipinski definition) is 3. The predicted octanol–water partition coefficient (Wildman–Crippen LogP) is 2.80. The second-order valence-corrected chi connectivity index (χ2v) is 7.00. The molecule has 0 bridgehead atoms. The Morgan fingerprint density at radius 1 is 0.931 bits per heavy atom. The molecule has 7 nitrogen and oxygen atoms in total. The van der Waals surface area contributed by atoms with Gasteiger partial charge in [-0.3, -0.25) is 14.4 Å². The molecule has 1 aliphatic heterocycles. The minimum atomic E-state index is -0.906. The van der Waals surface area contributed by atoms with E-state index in [2.05, 4.69) is 10.6 Å². The summed E-state index contributed by atoms with van der Waals surface area (Å²) < 4.78 is 5.28. The number of hydrogen-bond acceptors (Lipinski definition) is 4. The lowest BCUT2D eigenvalue weighted by Gasteiger charge is -2.27. The number of rotatable bonds is 7. The molecule has 0 spiro atoms. The number of aliphatic carboxylic acids is 1. The summed E-state index contributed by atoms with van der Waals surface area (Å²) in [7, 11) is 0. The van der Waals surface area contributed by atoms with Gasteiger partial charge >= 0.3 is 5.97 Å². The summed E-state index contributed by atoms with van der Waals surface area (Å²) in [6, 6.07) is 15.3. The number of carboxylic acid groups (broad SMARTS) is 1. The Labute approximate surface area is 169 Å². The third-order valence-electron chi connectivity index (χ3n) is 5.08. The van der Waals surface area contributed by atoms with Crippen molar-refractivity contribution < 1.29 is 24.2 Å². The maximum atomic E-state index is 12.4. The molecule has 152 valence electrons. The van der Waals surface area contributed by atoms with E-state index in [1.165, 1.54) is 0 Å². The van der Waals surface area contributed by atoms with Crippen LogP contribution >= 0.6 is 0 Å². The van der Waals surface area contributed by atoms with Gasteiger partial charge in [-0.1, -0.05) is 18.2 Å². The Morgan fingerprint density at radius 2 is 1.55 bits per heavy atom. The van der Waals surface area contributed by atoms with Crippen molar-refractivity contribution >= 4 is 23.5 Å². The van der Waals surface area contributed by atoms with Crippen LogP contribution in [0.15, 0.2) is 54.6 Å². The molecule has 2 aromatic rings. The molecule has 1 atom stereocenters. The number of nitrogens with one attached hydrogen (secondary N) is 2. The summed E-state index contributed by atoms with van der Waals surface area (Å²) in [6.07, 6.45) is 1.37. The van der Waals surface area contributed by atoms with Gasteiger partial charge in [0.1, 0.15) is 0 Å². The quantitative estimate of drug-likeness (QED) is 0.668. The van der Waals surface area contributed by atoms with Crippen molar-refractivity contribution in [2.45, 2.75) is 12.8 Å². The van der Waals surface area contributed by atoms with E-state index in [0.717, 1.165) is 0 Å². The average Bonchev–Trinajstić information content (AvgIpc) is 2.75. The first kappa shape index (κ1) is 20.5. The molecule has 2 aromatic carbocycles. The highest BCUT2D eigenvalue weighted by molar-refractivity contribution is 6.04. The lowest BCUT2D eigenvalue weighted by Crippen LogP contribution is -2.39. The van der Waals surface area contributed by atoms with E-state index in [4.69, 9.17) is 4.74 Å². The zero-order chi connectivity index (χ0) is 20.6. The third-order valence-corrected chi connectivity index (χ3v) is 5.08. The SMILES string of the molecule is O=C(NCC(C(=O)O)C1CCOCC1)c1ccc(NC(=O)c2ccccc2)cc1. The van der Waals surface area contributed by atoms with E-state index in [1.54, 1.807) is 48.5 Å². The van der Waals surface area contributed by atoms with Gasteiger partial charge in [0.2, 0.25) is 0 Å². The monoisotopic (exact) mass is 396 g/mol. The van der Waals surface area contributed by atoms with Gasteiger partial charge in [-0.05, 0) is 55.2 Å². The van der Waals surface area contributed by atoms with Crippen LogP contribution in [0.4, 0.5) is 5.69 Å². The molecule has 7 heteroatoms. The highest BCUT2D eigenvalue weighted by atomic mass is 16.5. The highest BCUT2D eigenvalue weighted by Crippen LogP contribution is 2.24. The van der Waals surface area contributed by atoms with Crippen molar-refractivity contribution in [2.75, 3.05) is 25.1 Å². The number of ether oxygens (including phenoxy) is 1. The van der Waals surface area contributed by atoms with Crippen LogP contribution in [0, 0.1) is 11.8 Å². The standard InChI is InChI=1S/C22H24N2O5/c25-20(23-14-19(22(27)28)15-10-12-29-13-11-15)17-6-8-18(9-7-17)24-21(26)16-4-2-1-3-5-16/h1-9,15,19H,10-14H2,(H,23,25)(H,24,26)(H,27,28). The normalized spacial score (nSPS) is 15.3. The maximum Gasteiger partial charge on any atom is 0.308 e. The summed E-state index contributed by atoms with van der Waals surface area (Å²) in [4.78, 5) is 36.1. The molecule has 3 rings (SSSR count). The van der Waals surface area contributed by atoms with Gasteiger partial charge in [0.25, 0.3) is 11.8 Å². The number of carboxylic acids is 1. The molecule has 0 radical (unpaired) electrons.